The third kappa shape index (κ3) is 3.49. The fraction of sp³-hybridized carbons (Fsp3) is 0.318. The summed E-state index contributed by atoms with van der Waals surface area (Å²) < 4.78 is 3.21. The van der Waals surface area contributed by atoms with Crippen LogP contribution in [0.25, 0.3) is 16.9 Å². The molecule has 2 aromatic heterocycles. The summed E-state index contributed by atoms with van der Waals surface area (Å²) >= 11 is 6.38. The van der Waals surface area contributed by atoms with E-state index in [2.05, 4.69) is 18.5 Å². The van der Waals surface area contributed by atoms with Crippen LogP contribution in [0.2, 0.25) is 5.02 Å². The number of hydrogen-bond acceptors (Lipinski definition) is 3. The van der Waals surface area contributed by atoms with Gasteiger partial charge in [-0.3, -0.25) is 18.6 Å². The molecule has 3 heterocycles. The van der Waals surface area contributed by atoms with E-state index in [9.17, 15) is 9.59 Å². The van der Waals surface area contributed by atoms with Crippen LogP contribution >= 0.6 is 11.6 Å². The molecule has 1 unspecified atom stereocenters. The molecule has 7 heteroatoms. The number of rotatable bonds is 4. The van der Waals surface area contributed by atoms with E-state index in [1.807, 2.05) is 23.1 Å². The molecule has 0 N–H and O–H groups in total. The van der Waals surface area contributed by atoms with Gasteiger partial charge < -0.3 is 4.90 Å². The molecule has 1 aliphatic heterocycles. The third-order valence-electron chi connectivity index (χ3n) is 5.47. The van der Waals surface area contributed by atoms with Gasteiger partial charge in [0.1, 0.15) is 5.69 Å². The SMILES string of the molecule is C=CCn1c(-c2ccccc2Cl)cn2cc(C(=O)N3CCCCC3C)nc2c1=O. The lowest BCUT2D eigenvalue weighted by molar-refractivity contribution is 0.0630. The summed E-state index contributed by atoms with van der Waals surface area (Å²) in [6, 6.07) is 7.53. The number of benzene rings is 1. The molecule has 1 atom stereocenters. The van der Waals surface area contributed by atoms with Gasteiger partial charge in [0, 0.05) is 42.1 Å². The normalized spacial score (nSPS) is 16.9. The first-order chi connectivity index (χ1) is 14.0. The Hall–Kier alpha value is -2.86. The van der Waals surface area contributed by atoms with Gasteiger partial charge >= 0.3 is 0 Å². The van der Waals surface area contributed by atoms with Crippen LogP contribution in [0.5, 0.6) is 0 Å². The standard InChI is InChI=1S/C22H23ClN4O2/c1-3-11-27-19(16-9-4-5-10-17(16)23)14-25-13-18(24-20(25)22(27)29)21(28)26-12-7-6-8-15(26)2/h3-5,9-10,13-15H,1,6-8,11-12H2,2H3. The van der Waals surface area contributed by atoms with Crippen LogP contribution in [-0.4, -0.2) is 37.3 Å². The highest BCUT2D eigenvalue weighted by atomic mass is 35.5. The van der Waals surface area contributed by atoms with E-state index < -0.39 is 0 Å². The Labute approximate surface area is 174 Å². The lowest BCUT2D eigenvalue weighted by Crippen LogP contribution is -2.42. The highest BCUT2D eigenvalue weighted by molar-refractivity contribution is 6.33. The van der Waals surface area contributed by atoms with Crippen LogP contribution in [0, 0.1) is 0 Å². The summed E-state index contributed by atoms with van der Waals surface area (Å²) in [6.07, 6.45) is 8.20. The number of nitrogens with zero attached hydrogens (tertiary/aromatic N) is 4. The molecule has 6 nitrogen and oxygen atoms in total. The third-order valence-corrected chi connectivity index (χ3v) is 5.79. The average Bonchev–Trinajstić information content (AvgIpc) is 3.15. The molecular formula is C22H23ClN4O2. The highest BCUT2D eigenvalue weighted by Gasteiger charge is 2.26. The second-order valence-corrected chi connectivity index (χ2v) is 7.81. The predicted octanol–water partition coefficient (Wildman–Crippen LogP) is 4.02. The second-order valence-electron chi connectivity index (χ2n) is 7.40. The molecule has 1 fully saturated rings. The van der Waals surface area contributed by atoms with Crippen molar-refractivity contribution in [1.82, 2.24) is 18.9 Å². The Balaban J connectivity index is 1.86. The van der Waals surface area contributed by atoms with Gasteiger partial charge in [0.25, 0.3) is 11.5 Å². The molecule has 0 bridgehead atoms. The van der Waals surface area contributed by atoms with Gasteiger partial charge in [-0.2, -0.15) is 0 Å². The Bertz CT molecular complexity index is 1150. The minimum absolute atomic E-state index is 0.130. The van der Waals surface area contributed by atoms with Gasteiger partial charge in [-0.05, 0) is 32.3 Å². The first-order valence-corrected chi connectivity index (χ1v) is 10.2. The van der Waals surface area contributed by atoms with E-state index >= 15 is 0 Å². The first-order valence-electron chi connectivity index (χ1n) is 9.80. The molecule has 0 aliphatic carbocycles. The van der Waals surface area contributed by atoms with Gasteiger partial charge in [-0.15, -0.1) is 6.58 Å². The summed E-state index contributed by atoms with van der Waals surface area (Å²) in [6.45, 7) is 6.85. The van der Waals surface area contributed by atoms with Gasteiger partial charge in [0.05, 0.1) is 5.69 Å². The van der Waals surface area contributed by atoms with Crippen LogP contribution in [0.1, 0.15) is 36.7 Å². The van der Waals surface area contributed by atoms with Crippen molar-refractivity contribution < 1.29 is 4.79 Å². The molecule has 4 rings (SSSR count). The number of allylic oxidation sites excluding steroid dienone is 1. The first kappa shape index (κ1) is 19.5. The van der Waals surface area contributed by atoms with E-state index in [0.29, 0.717) is 17.3 Å². The molecule has 150 valence electrons. The van der Waals surface area contributed by atoms with Crippen molar-refractivity contribution in [2.45, 2.75) is 38.8 Å². The molecule has 0 radical (unpaired) electrons. The summed E-state index contributed by atoms with van der Waals surface area (Å²) in [7, 11) is 0. The lowest BCUT2D eigenvalue weighted by atomic mass is 10.0. The number of hydrogen-bond donors (Lipinski definition) is 0. The summed E-state index contributed by atoms with van der Waals surface area (Å²) in [5, 5.41) is 0.544. The summed E-state index contributed by atoms with van der Waals surface area (Å²) in [4.78, 5) is 32.4. The maximum absolute atomic E-state index is 13.2. The number of halogens is 1. The van der Waals surface area contributed by atoms with Crippen LogP contribution < -0.4 is 5.56 Å². The second kappa shape index (κ2) is 7.87. The Kier molecular flexibility index (Phi) is 5.28. The highest BCUT2D eigenvalue weighted by Crippen LogP contribution is 2.27. The molecule has 1 aliphatic rings. The van der Waals surface area contributed by atoms with E-state index in [1.165, 1.54) is 0 Å². The molecule has 3 aromatic rings. The number of carbonyl (C=O) groups excluding carboxylic acids is 1. The Morgan fingerprint density at radius 1 is 1.31 bits per heavy atom. The monoisotopic (exact) mass is 410 g/mol. The molecule has 29 heavy (non-hydrogen) atoms. The Morgan fingerprint density at radius 3 is 2.83 bits per heavy atom. The van der Waals surface area contributed by atoms with E-state index in [4.69, 9.17) is 11.6 Å². The van der Waals surface area contributed by atoms with Crippen molar-refractivity contribution in [3.63, 3.8) is 0 Å². The molecular weight excluding hydrogens is 388 g/mol. The summed E-state index contributed by atoms with van der Waals surface area (Å²) in [5.74, 6) is -0.130. The number of carbonyl (C=O) groups is 1. The number of imidazole rings is 1. The molecule has 1 aromatic carbocycles. The van der Waals surface area contributed by atoms with Crippen LogP contribution in [-0.2, 0) is 6.54 Å². The van der Waals surface area contributed by atoms with Crippen molar-refractivity contribution in [3.05, 3.63) is 70.4 Å². The van der Waals surface area contributed by atoms with E-state index in [1.54, 1.807) is 33.5 Å². The average molecular weight is 411 g/mol. The van der Waals surface area contributed by atoms with Crippen molar-refractivity contribution >= 4 is 23.2 Å². The van der Waals surface area contributed by atoms with Crippen molar-refractivity contribution in [2.75, 3.05) is 6.54 Å². The van der Waals surface area contributed by atoms with Crippen molar-refractivity contribution in [3.8, 4) is 11.3 Å². The maximum atomic E-state index is 13.2. The van der Waals surface area contributed by atoms with Crippen molar-refractivity contribution in [1.29, 1.82) is 0 Å². The fourth-order valence-corrected chi connectivity index (χ4v) is 4.16. The predicted molar refractivity (Wildman–Crippen MR) is 114 cm³/mol. The van der Waals surface area contributed by atoms with E-state index in [0.717, 1.165) is 31.4 Å². The van der Waals surface area contributed by atoms with Gasteiger partial charge in [-0.25, -0.2) is 4.98 Å². The topological polar surface area (TPSA) is 59.6 Å². The van der Waals surface area contributed by atoms with E-state index in [-0.39, 0.29) is 28.8 Å². The minimum Gasteiger partial charge on any atom is -0.335 e. The molecule has 0 spiro atoms. The number of likely N-dealkylation sites (tertiary alicyclic amines) is 1. The van der Waals surface area contributed by atoms with Gasteiger partial charge in [-0.1, -0.05) is 35.9 Å². The lowest BCUT2D eigenvalue weighted by Gasteiger charge is -2.32. The van der Waals surface area contributed by atoms with Crippen LogP contribution in [0.3, 0.4) is 0 Å². The fourth-order valence-electron chi connectivity index (χ4n) is 3.93. The van der Waals surface area contributed by atoms with Crippen LogP contribution in [0.15, 0.2) is 54.1 Å². The van der Waals surface area contributed by atoms with Crippen LogP contribution in [0.4, 0.5) is 0 Å². The van der Waals surface area contributed by atoms with Crippen molar-refractivity contribution in [2.24, 2.45) is 0 Å². The van der Waals surface area contributed by atoms with Gasteiger partial charge in [0.15, 0.2) is 0 Å². The zero-order valence-electron chi connectivity index (χ0n) is 16.3. The number of fused-ring (bicyclic) bond motifs is 1. The minimum atomic E-state index is -0.284. The van der Waals surface area contributed by atoms with Gasteiger partial charge in [0.2, 0.25) is 5.65 Å². The zero-order chi connectivity index (χ0) is 20.5. The quantitative estimate of drug-likeness (QED) is 0.610. The molecule has 1 amide bonds. The molecule has 0 saturated carbocycles. The number of piperidine rings is 1. The Morgan fingerprint density at radius 2 is 2.10 bits per heavy atom. The summed E-state index contributed by atoms with van der Waals surface area (Å²) in [5.41, 5.74) is 1.61. The number of aromatic nitrogens is 3. The zero-order valence-corrected chi connectivity index (χ0v) is 17.1. The maximum Gasteiger partial charge on any atom is 0.295 e. The largest absolute Gasteiger partial charge is 0.335 e. The molecule has 1 saturated heterocycles. The smallest absolute Gasteiger partial charge is 0.295 e. The number of amides is 1.